The number of piperazine rings is 1. The van der Waals surface area contributed by atoms with Gasteiger partial charge in [-0.25, -0.2) is 4.98 Å². The number of hydrogen-bond acceptors (Lipinski definition) is 3. The zero-order valence-electron chi connectivity index (χ0n) is 10.2. The molecule has 3 heterocycles. The summed E-state index contributed by atoms with van der Waals surface area (Å²) in [5.41, 5.74) is 1.39. The Bertz CT molecular complexity index is 415. The molecular weight excluding hydrogens is 280 g/mol. The van der Waals surface area contributed by atoms with Gasteiger partial charge in [0.05, 0.1) is 11.7 Å². The third kappa shape index (κ3) is 2.04. The lowest BCUT2D eigenvalue weighted by Crippen LogP contribution is -2.45. The Labute approximate surface area is 111 Å². The van der Waals surface area contributed by atoms with E-state index in [-0.39, 0.29) is 0 Å². The third-order valence-electron chi connectivity index (χ3n) is 3.91. The largest absolute Gasteiger partial charge is 0.330 e. The number of likely N-dealkylation sites (N-methyl/N-ethyl adjacent to an activating group) is 1. The van der Waals surface area contributed by atoms with E-state index in [1.807, 2.05) is 0 Å². The summed E-state index contributed by atoms with van der Waals surface area (Å²) in [6, 6.07) is 0.423. The van der Waals surface area contributed by atoms with Crippen molar-refractivity contribution >= 4 is 15.9 Å². The predicted octanol–water partition coefficient (Wildman–Crippen LogP) is 1.56. The van der Waals surface area contributed by atoms with Crippen LogP contribution in [0.2, 0.25) is 0 Å². The highest BCUT2D eigenvalue weighted by molar-refractivity contribution is 9.10. The number of nitrogens with zero attached hydrogens (tertiary/aromatic N) is 3. The van der Waals surface area contributed by atoms with Crippen molar-refractivity contribution in [2.45, 2.75) is 31.8 Å². The number of aromatic nitrogens is 2. The third-order valence-corrected chi connectivity index (χ3v) is 4.54. The monoisotopic (exact) mass is 298 g/mol. The molecule has 17 heavy (non-hydrogen) atoms. The lowest BCUT2D eigenvalue weighted by atomic mass is 10.1. The summed E-state index contributed by atoms with van der Waals surface area (Å²) in [5.74, 6) is 1.24. The molecule has 94 valence electrons. The van der Waals surface area contributed by atoms with Crippen LogP contribution >= 0.6 is 15.9 Å². The van der Waals surface area contributed by atoms with Crippen molar-refractivity contribution in [1.29, 1.82) is 0 Å². The fraction of sp³-hybridized carbons (Fsp3) is 0.750. The van der Waals surface area contributed by atoms with Crippen molar-refractivity contribution in [3.63, 3.8) is 0 Å². The molecule has 0 spiro atoms. The summed E-state index contributed by atoms with van der Waals surface area (Å²) in [6.07, 6.45) is 3.74. The maximum absolute atomic E-state index is 4.76. The Morgan fingerprint density at radius 3 is 3.06 bits per heavy atom. The molecule has 0 saturated carbocycles. The average Bonchev–Trinajstić information content (AvgIpc) is 2.68. The van der Waals surface area contributed by atoms with Crippen LogP contribution in [0.4, 0.5) is 0 Å². The van der Waals surface area contributed by atoms with Gasteiger partial charge in [-0.2, -0.15) is 0 Å². The maximum atomic E-state index is 4.76. The van der Waals surface area contributed by atoms with Crippen LogP contribution in [-0.4, -0.2) is 41.1 Å². The first-order valence-corrected chi connectivity index (χ1v) is 7.22. The summed E-state index contributed by atoms with van der Waals surface area (Å²) in [6.45, 7) is 4.33. The van der Waals surface area contributed by atoms with Crippen molar-refractivity contribution in [2.75, 3.05) is 26.7 Å². The zero-order valence-corrected chi connectivity index (χ0v) is 11.8. The van der Waals surface area contributed by atoms with Gasteiger partial charge >= 0.3 is 0 Å². The number of nitrogens with one attached hydrogen (secondary N) is 1. The summed E-state index contributed by atoms with van der Waals surface area (Å²) in [7, 11) is 2.20. The van der Waals surface area contributed by atoms with Gasteiger partial charge < -0.3 is 9.88 Å². The van der Waals surface area contributed by atoms with E-state index in [0.717, 1.165) is 37.2 Å². The molecule has 0 radical (unpaired) electrons. The summed E-state index contributed by atoms with van der Waals surface area (Å²) >= 11 is 3.62. The Morgan fingerprint density at radius 1 is 1.35 bits per heavy atom. The molecule has 1 fully saturated rings. The Morgan fingerprint density at radius 2 is 2.24 bits per heavy atom. The maximum Gasteiger partial charge on any atom is 0.129 e. The highest BCUT2D eigenvalue weighted by Crippen LogP contribution is 2.29. The van der Waals surface area contributed by atoms with E-state index < -0.39 is 0 Å². The first-order valence-electron chi connectivity index (χ1n) is 6.43. The summed E-state index contributed by atoms with van der Waals surface area (Å²) in [4.78, 5) is 7.17. The second-order valence-electron chi connectivity index (χ2n) is 5.02. The molecule has 0 aromatic carbocycles. The van der Waals surface area contributed by atoms with Crippen molar-refractivity contribution in [3.05, 3.63) is 16.1 Å². The average molecular weight is 299 g/mol. The Hall–Kier alpha value is -0.390. The van der Waals surface area contributed by atoms with E-state index in [1.165, 1.54) is 24.4 Å². The van der Waals surface area contributed by atoms with E-state index in [0.29, 0.717) is 6.04 Å². The predicted molar refractivity (Wildman–Crippen MR) is 71.1 cm³/mol. The fourth-order valence-corrected chi connectivity index (χ4v) is 3.47. The van der Waals surface area contributed by atoms with Gasteiger partial charge in [-0.05, 0) is 42.2 Å². The van der Waals surface area contributed by atoms with Gasteiger partial charge in [0.1, 0.15) is 10.4 Å². The van der Waals surface area contributed by atoms with E-state index in [4.69, 9.17) is 4.98 Å². The molecule has 1 aromatic rings. The van der Waals surface area contributed by atoms with Gasteiger partial charge in [0.25, 0.3) is 0 Å². The molecule has 0 bridgehead atoms. The van der Waals surface area contributed by atoms with Crippen LogP contribution in [0.25, 0.3) is 0 Å². The van der Waals surface area contributed by atoms with Crippen molar-refractivity contribution in [3.8, 4) is 0 Å². The van der Waals surface area contributed by atoms with Crippen LogP contribution in [0.5, 0.6) is 0 Å². The van der Waals surface area contributed by atoms with Gasteiger partial charge in [-0.3, -0.25) is 4.90 Å². The topological polar surface area (TPSA) is 33.1 Å². The summed E-state index contributed by atoms with van der Waals surface area (Å²) < 4.78 is 3.49. The molecule has 0 amide bonds. The quantitative estimate of drug-likeness (QED) is 0.854. The normalized spacial score (nSPS) is 25.9. The number of rotatable bonds is 1. The second-order valence-corrected chi connectivity index (χ2v) is 5.77. The van der Waals surface area contributed by atoms with Gasteiger partial charge in [-0.15, -0.1) is 0 Å². The van der Waals surface area contributed by atoms with E-state index in [9.17, 15) is 0 Å². The standard InChI is InChI=1S/C12H19BrN4/c1-16-7-5-14-8-10(16)12-15-11(13)9-4-2-3-6-17(9)12/h10,14H,2-8H2,1H3. The highest BCUT2D eigenvalue weighted by Gasteiger charge is 2.28. The molecule has 1 atom stereocenters. The van der Waals surface area contributed by atoms with Crippen LogP contribution in [0.15, 0.2) is 4.60 Å². The molecule has 2 aliphatic rings. The molecule has 2 aliphatic heterocycles. The lowest BCUT2D eigenvalue weighted by Gasteiger charge is -2.33. The minimum atomic E-state index is 0.423. The van der Waals surface area contributed by atoms with Crippen LogP contribution in [0.3, 0.4) is 0 Å². The molecule has 1 saturated heterocycles. The minimum absolute atomic E-state index is 0.423. The minimum Gasteiger partial charge on any atom is -0.330 e. The zero-order chi connectivity index (χ0) is 11.8. The van der Waals surface area contributed by atoms with Gasteiger partial charge in [0.15, 0.2) is 0 Å². The Balaban J connectivity index is 1.96. The molecule has 3 rings (SSSR count). The first-order chi connectivity index (χ1) is 8.27. The first kappa shape index (κ1) is 11.7. The second kappa shape index (κ2) is 4.71. The van der Waals surface area contributed by atoms with Crippen LogP contribution in [0, 0.1) is 0 Å². The smallest absolute Gasteiger partial charge is 0.129 e. The molecule has 5 heteroatoms. The number of fused-ring (bicyclic) bond motifs is 1. The fourth-order valence-electron chi connectivity index (χ4n) is 2.87. The van der Waals surface area contributed by atoms with Crippen molar-refractivity contribution in [2.24, 2.45) is 0 Å². The van der Waals surface area contributed by atoms with Gasteiger partial charge in [-0.1, -0.05) is 0 Å². The number of hydrogen-bond donors (Lipinski definition) is 1. The number of imidazole rings is 1. The van der Waals surface area contributed by atoms with E-state index >= 15 is 0 Å². The molecular formula is C12H19BrN4. The molecule has 1 N–H and O–H groups in total. The SMILES string of the molecule is CN1CCNCC1c1nc(Br)c2n1CCCC2. The lowest BCUT2D eigenvalue weighted by molar-refractivity contribution is 0.188. The molecule has 4 nitrogen and oxygen atoms in total. The van der Waals surface area contributed by atoms with Crippen molar-refractivity contribution in [1.82, 2.24) is 19.8 Å². The Kier molecular flexibility index (Phi) is 3.23. The molecule has 0 aliphatic carbocycles. The van der Waals surface area contributed by atoms with Gasteiger partial charge in [0, 0.05) is 26.2 Å². The highest BCUT2D eigenvalue weighted by atomic mass is 79.9. The van der Waals surface area contributed by atoms with Gasteiger partial charge in [0.2, 0.25) is 0 Å². The van der Waals surface area contributed by atoms with E-state index in [1.54, 1.807) is 0 Å². The molecule has 1 unspecified atom stereocenters. The van der Waals surface area contributed by atoms with Crippen LogP contribution in [0.1, 0.15) is 30.4 Å². The number of halogens is 1. The van der Waals surface area contributed by atoms with Crippen molar-refractivity contribution < 1.29 is 0 Å². The van der Waals surface area contributed by atoms with E-state index in [2.05, 4.69) is 37.8 Å². The van der Waals surface area contributed by atoms with Crippen LogP contribution in [-0.2, 0) is 13.0 Å². The molecule has 1 aromatic heterocycles. The summed E-state index contributed by atoms with van der Waals surface area (Å²) in [5, 5.41) is 3.47. The van der Waals surface area contributed by atoms with Crippen LogP contribution < -0.4 is 5.32 Å².